The lowest BCUT2D eigenvalue weighted by Crippen LogP contribution is -2.23. The molecular weight excluding hydrogens is 247 g/mol. The first kappa shape index (κ1) is 19.4. The van der Waals surface area contributed by atoms with Gasteiger partial charge in [0.1, 0.15) is 0 Å². The molecular formula is C18H39P. The average Bonchev–Trinajstić information content (AvgIpc) is 2.39. The maximum Gasteiger partial charge on any atom is -0.0211 e. The molecule has 0 aliphatic heterocycles. The summed E-state index contributed by atoms with van der Waals surface area (Å²) < 4.78 is 0. The van der Waals surface area contributed by atoms with Crippen LogP contribution >= 0.6 is 8.58 Å². The van der Waals surface area contributed by atoms with E-state index in [0.717, 1.165) is 32.0 Å². The van der Waals surface area contributed by atoms with Crippen LogP contribution in [0.25, 0.3) is 0 Å². The lowest BCUT2D eigenvalue weighted by molar-refractivity contribution is 0.287. The van der Waals surface area contributed by atoms with Crippen LogP contribution in [0.4, 0.5) is 0 Å². The Hall–Kier alpha value is 0.430. The Morgan fingerprint density at radius 1 is 0.842 bits per heavy atom. The van der Waals surface area contributed by atoms with Crippen molar-refractivity contribution in [3.05, 3.63) is 0 Å². The molecule has 0 N–H and O–H groups in total. The zero-order chi connectivity index (χ0) is 14.7. The van der Waals surface area contributed by atoms with E-state index < -0.39 is 0 Å². The third-order valence-electron chi connectivity index (χ3n) is 4.82. The standard InChI is InChI=1S/C18H39P/c1-7-11-15(4)13-10-14-16(5)17(12-8-2)18(9-3)19-6/h15-19H,7-14H2,1-6H3. The lowest BCUT2D eigenvalue weighted by atomic mass is 9.82. The van der Waals surface area contributed by atoms with Crippen molar-refractivity contribution in [1.82, 2.24) is 0 Å². The van der Waals surface area contributed by atoms with Gasteiger partial charge < -0.3 is 0 Å². The molecule has 116 valence electrons. The number of hydrogen-bond donors (Lipinski definition) is 0. The van der Waals surface area contributed by atoms with Gasteiger partial charge in [-0.25, -0.2) is 0 Å². The molecule has 0 saturated heterocycles. The highest BCUT2D eigenvalue weighted by Crippen LogP contribution is 2.36. The van der Waals surface area contributed by atoms with Gasteiger partial charge in [0.2, 0.25) is 0 Å². The SMILES string of the molecule is CCCC(C)CCCC(C)C(CCC)C(CC)PC. The summed E-state index contributed by atoms with van der Waals surface area (Å²) in [5.41, 5.74) is 0.989. The van der Waals surface area contributed by atoms with E-state index in [4.69, 9.17) is 0 Å². The van der Waals surface area contributed by atoms with Gasteiger partial charge >= 0.3 is 0 Å². The van der Waals surface area contributed by atoms with Crippen LogP contribution in [0, 0.1) is 17.8 Å². The van der Waals surface area contributed by atoms with Gasteiger partial charge in [-0.15, -0.1) is 8.58 Å². The van der Waals surface area contributed by atoms with Crippen LogP contribution < -0.4 is 0 Å². The Kier molecular flexibility index (Phi) is 12.5. The highest BCUT2D eigenvalue weighted by molar-refractivity contribution is 7.37. The van der Waals surface area contributed by atoms with Crippen LogP contribution in [0.5, 0.6) is 0 Å². The Morgan fingerprint density at radius 3 is 1.95 bits per heavy atom. The molecule has 19 heavy (non-hydrogen) atoms. The molecule has 0 aromatic heterocycles. The lowest BCUT2D eigenvalue weighted by Gasteiger charge is -2.31. The van der Waals surface area contributed by atoms with Crippen LogP contribution in [0.1, 0.15) is 86.0 Å². The largest absolute Gasteiger partial charge is 0.122 e. The Morgan fingerprint density at radius 2 is 1.47 bits per heavy atom. The highest BCUT2D eigenvalue weighted by atomic mass is 31.1. The summed E-state index contributed by atoms with van der Waals surface area (Å²) in [4.78, 5) is 0. The predicted molar refractivity (Wildman–Crippen MR) is 93.8 cm³/mol. The first-order valence-corrected chi connectivity index (χ1v) is 10.3. The molecule has 1 heteroatoms. The van der Waals surface area contributed by atoms with Crippen molar-refractivity contribution >= 4 is 8.58 Å². The minimum atomic E-state index is 0.936. The molecule has 0 spiro atoms. The Balaban J connectivity index is 4.13. The second-order valence-electron chi connectivity index (χ2n) is 6.56. The Bertz CT molecular complexity index is 186. The van der Waals surface area contributed by atoms with Crippen LogP contribution in [0.2, 0.25) is 0 Å². The minimum Gasteiger partial charge on any atom is -0.122 e. The van der Waals surface area contributed by atoms with Gasteiger partial charge in [-0.1, -0.05) is 73.1 Å². The van der Waals surface area contributed by atoms with Gasteiger partial charge in [0, 0.05) is 0 Å². The summed E-state index contributed by atoms with van der Waals surface area (Å²) >= 11 is 0. The van der Waals surface area contributed by atoms with Crippen LogP contribution in [-0.4, -0.2) is 12.3 Å². The average molecular weight is 286 g/mol. The molecule has 5 atom stereocenters. The van der Waals surface area contributed by atoms with Crippen LogP contribution in [0.3, 0.4) is 0 Å². The predicted octanol–water partition coefficient (Wildman–Crippen LogP) is 6.73. The molecule has 0 aromatic carbocycles. The van der Waals surface area contributed by atoms with E-state index in [1.54, 1.807) is 0 Å². The maximum absolute atomic E-state index is 2.52. The topological polar surface area (TPSA) is 0 Å². The summed E-state index contributed by atoms with van der Waals surface area (Å²) in [6.45, 7) is 14.4. The molecule has 0 aromatic rings. The molecule has 0 heterocycles. The number of rotatable bonds is 12. The summed E-state index contributed by atoms with van der Waals surface area (Å²) in [5, 5.41) is 0. The van der Waals surface area contributed by atoms with E-state index in [1.807, 2.05) is 0 Å². The Labute approximate surface area is 125 Å². The van der Waals surface area contributed by atoms with Crippen molar-refractivity contribution < 1.29 is 0 Å². The molecule has 0 rings (SSSR count). The minimum absolute atomic E-state index is 0.936. The van der Waals surface area contributed by atoms with Crippen molar-refractivity contribution in [2.45, 2.75) is 91.6 Å². The summed E-state index contributed by atoms with van der Waals surface area (Å²) in [5.74, 6) is 2.86. The van der Waals surface area contributed by atoms with Gasteiger partial charge in [-0.05, 0) is 42.9 Å². The van der Waals surface area contributed by atoms with E-state index in [9.17, 15) is 0 Å². The first-order valence-electron chi connectivity index (χ1n) is 8.77. The monoisotopic (exact) mass is 286 g/mol. The first-order chi connectivity index (χ1) is 9.10. The van der Waals surface area contributed by atoms with Crippen LogP contribution in [-0.2, 0) is 0 Å². The van der Waals surface area contributed by atoms with Gasteiger partial charge in [0.15, 0.2) is 0 Å². The quantitative estimate of drug-likeness (QED) is 0.349. The molecule has 0 bridgehead atoms. The molecule has 0 aliphatic carbocycles. The summed E-state index contributed by atoms with van der Waals surface area (Å²) in [7, 11) is 1.13. The number of hydrogen-bond acceptors (Lipinski definition) is 0. The maximum atomic E-state index is 2.52. The van der Waals surface area contributed by atoms with E-state index in [-0.39, 0.29) is 0 Å². The van der Waals surface area contributed by atoms with Crippen molar-refractivity contribution in [3.8, 4) is 0 Å². The zero-order valence-electron chi connectivity index (χ0n) is 14.5. The van der Waals surface area contributed by atoms with Crippen LogP contribution in [0.15, 0.2) is 0 Å². The molecule has 5 unspecified atom stereocenters. The normalized spacial score (nSPS) is 18.6. The fourth-order valence-electron chi connectivity index (χ4n) is 3.58. The summed E-state index contributed by atoms with van der Waals surface area (Å²) in [6.07, 6.45) is 11.3. The van der Waals surface area contributed by atoms with E-state index >= 15 is 0 Å². The van der Waals surface area contributed by atoms with E-state index in [2.05, 4.69) is 41.3 Å². The second-order valence-corrected chi connectivity index (χ2v) is 7.88. The van der Waals surface area contributed by atoms with Gasteiger partial charge in [-0.2, -0.15) is 0 Å². The van der Waals surface area contributed by atoms with Crippen molar-refractivity contribution in [2.75, 3.05) is 6.66 Å². The summed E-state index contributed by atoms with van der Waals surface area (Å²) in [6, 6.07) is 0. The van der Waals surface area contributed by atoms with Gasteiger partial charge in [0.05, 0.1) is 0 Å². The molecule has 0 amide bonds. The second kappa shape index (κ2) is 12.2. The third-order valence-corrected chi connectivity index (χ3v) is 6.40. The van der Waals surface area contributed by atoms with Crippen molar-refractivity contribution in [3.63, 3.8) is 0 Å². The third kappa shape index (κ3) is 8.34. The highest BCUT2D eigenvalue weighted by Gasteiger charge is 2.23. The molecule has 0 saturated carbocycles. The molecule has 0 radical (unpaired) electrons. The zero-order valence-corrected chi connectivity index (χ0v) is 15.5. The van der Waals surface area contributed by atoms with E-state index in [1.165, 1.54) is 51.4 Å². The fraction of sp³-hybridized carbons (Fsp3) is 1.00. The fourth-order valence-corrected chi connectivity index (χ4v) is 4.91. The molecule has 0 aliphatic rings. The van der Waals surface area contributed by atoms with Gasteiger partial charge in [-0.3, -0.25) is 0 Å². The van der Waals surface area contributed by atoms with E-state index in [0.29, 0.717) is 0 Å². The van der Waals surface area contributed by atoms with Crippen molar-refractivity contribution in [1.29, 1.82) is 0 Å². The molecule has 0 fully saturated rings. The van der Waals surface area contributed by atoms with Crippen molar-refractivity contribution in [2.24, 2.45) is 17.8 Å². The smallest absolute Gasteiger partial charge is 0.0211 e. The van der Waals surface area contributed by atoms with Gasteiger partial charge in [0.25, 0.3) is 0 Å². The molecule has 0 nitrogen and oxygen atoms in total.